The van der Waals surface area contributed by atoms with Crippen LogP contribution in [0.1, 0.15) is 51.2 Å². The number of methoxy groups -OCH3 is 1. The molecular formula is C27H23N5O3S. The van der Waals surface area contributed by atoms with Crippen molar-refractivity contribution in [3.05, 3.63) is 81.2 Å². The van der Waals surface area contributed by atoms with Gasteiger partial charge in [0, 0.05) is 21.6 Å². The first-order valence-corrected chi connectivity index (χ1v) is 12.1. The van der Waals surface area contributed by atoms with E-state index in [1.54, 1.807) is 36.6 Å². The van der Waals surface area contributed by atoms with Gasteiger partial charge in [-0.1, -0.05) is 24.3 Å². The summed E-state index contributed by atoms with van der Waals surface area (Å²) in [6.07, 6.45) is -0.190. The lowest BCUT2D eigenvalue weighted by Gasteiger charge is -2.13. The minimum Gasteiger partial charge on any atom is -0.496 e. The van der Waals surface area contributed by atoms with Gasteiger partial charge in [-0.15, -0.1) is 21.5 Å². The Morgan fingerprint density at radius 3 is 2.53 bits per heavy atom. The molecule has 36 heavy (non-hydrogen) atoms. The molecule has 1 N–H and O–H groups in total. The number of nitriles is 1. The molecule has 3 heterocycles. The lowest BCUT2D eigenvalue weighted by atomic mass is 9.96. The number of rotatable bonds is 5. The Balaban J connectivity index is 1.68. The first-order chi connectivity index (χ1) is 17.3. The number of carbonyl (C=O) groups is 1. The van der Waals surface area contributed by atoms with Crippen LogP contribution in [0.3, 0.4) is 0 Å². The molecule has 0 aliphatic carbocycles. The van der Waals surface area contributed by atoms with E-state index in [1.807, 2.05) is 35.8 Å². The van der Waals surface area contributed by atoms with Gasteiger partial charge in [0.2, 0.25) is 0 Å². The second-order valence-electron chi connectivity index (χ2n) is 8.60. The van der Waals surface area contributed by atoms with E-state index in [0.717, 1.165) is 43.4 Å². The fourth-order valence-electron chi connectivity index (χ4n) is 4.50. The van der Waals surface area contributed by atoms with Gasteiger partial charge in [0.25, 0.3) is 0 Å². The van der Waals surface area contributed by atoms with Gasteiger partial charge in [0.05, 0.1) is 30.9 Å². The number of nitrogens with zero attached hydrogens (tertiary/aromatic N) is 5. The third-order valence-corrected chi connectivity index (χ3v) is 7.60. The van der Waals surface area contributed by atoms with E-state index in [-0.39, 0.29) is 6.42 Å². The van der Waals surface area contributed by atoms with Crippen LogP contribution in [0, 0.1) is 32.1 Å². The molecule has 180 valence electrons. The number of fused-ring (bicyclic) bond motifs is 3. The van der Waals surface area contributed by atoms with Crippen molar-refractivity contribution < 1.29 is 14.6 Å². The van der Waals surface area contributed by atoms with Crippen LogP contribution in [0.2, 0.25) is 0 Å². The van der Waals surface area contributed by atoms with Crippen LogP contribution >= 0.6 is 11.3 Å². The molecule has 1 atom stereocenters. The Morgan fingerprint density at radius 2 is 1.86 bits per heavy atom. The molecule has 0 unspecified atom stereocenters. The summed E-state index contributed by atoms with van der Waals surface area (Å²) in [5.41, 5.74) is 5.92. The van der Waals surface area contributed by atoms with Gasteiger partial charge in [-0.25, -0.2) is 0 Å². The fourth-order valence-corrected chi connectivity index (χ4v) is 5.71. The van der Waals surface area contributed by atoms with Crippen LogP contribution in [0.15, 0.2) is 47.5 Å². The summed E-state index contributed by atoms with van der Waals surface area (Å²) in [6, 6.07) is 14.7. The van der Waals surface area contributed by atoms with Crippen LogP contribution in [0.25, 0.3) is 16.1 Å². The quantitative estimate of drug-likeness (QED) is 0.407. The van der Waals surface area contributed by atoms with Gasteiger partial charge >= 0.3 is 5.97 Å². The number of aliphatic carboxylic acids is 1. The van der Waals surface area contributed by atoms with Gasteiger partial charge < -0.3 is 9.84 Å². The van der Waals surface area contributed by atoms with Crippen molar-refractivity contribution in [2.75, 3.05) is 7.11 Å². The number of aliphatic imine (C=N–C) groups is 1. The average Bonchev–Trinajstić information content (AvgIpc) is 3.35. The number of aromatic nitrogens is 3. The highest BCUT2D eigenvalue weighted by atomic mass is 32.1. The average molecular weight is 498 g/mol. The minimum absolute atomic E-state index is 0.190. The van der Waals surface area contributed by atoms with Crippen molar-refractivity contribution in [2.24, 2.45) is 4.99 Å². The lowest BCUT2D eigenvalue weighted by molar-refractivity contribution is -0.137. The van der Waals surface area contributed by atoms with Crippen molar-refractivity contribution in [1.82, 2.24) is 14.8 Å². The summed E-state index contributed by atoms with van der Waals surface area (Å²) in [5, 5.41) is 28.4. The molecule has 0 fully saturated rings. The normalized spacial score (nSPS) is 14.3. The Bertz CT molecular complexity index is 1570. The van der Waals surface area contributed by atoms with Crippen molar-refractivity contribution >= 4 is 23.0 Å². The molecular weight excluding hydrogens is 474 g/mol. The van der Waals surface area contributed by atoms with E-state index in [0.29, 0.717) is 23.0 Å². The van der Waals surface area contributed by atoms with Crippen molar-refractivity contribution in [1.29, 1.82) is 5.26 Å². The molecule has 0 saturated carbocycles. The predicted octanol–water partition coefficient (Wildman–Crippen LogP) is 5.17. The van der Waals surface area contributed by atoms with Gasteiger partial charge in [-0.05, 0) is 50.1 Å². The second-order valence-corrected chi connectivity index (χ2v) is 9.80. The highest BCUT2D eigenvalue weighted by Gasteiger charge is 2.32. The maximum absolute atomic E-state index is 11.7. The first kappa shape index (κ1) is 23.5. The van der Waals surface area contributed by atoms with E-state index in [9.17, 15) is 15.2 Å². The van der Waals surface area contributed by atoms with Crippen molar-refractivity contribution in [2.45, 2.75) is 33.2 Å². The highest BCUT2D eigenvalue weighted by Crippen LogP contribution is 2.40. The van der Waals surface area contributed by atoms with E-state index in [1.165, 1.54) is 0 Å². The van der Waals surface area contributed by atoms with Crippen molar-refractivity contribution in [3.8, 4) is 27.9 Å². The maximum atomic E-state index is 11.7. The smallest absolute Gasteiger partial charge is 0.306 e. The Hall–Kier alpha value is -4.29. The van der Waals surface area contributed by atoms with E-state index in [2.05, 4.69) is 30.1 Å². The molecule has 0 radical (unpaired) electrons. The van der Waals surface area contributed by atoms with Gasteiger partial charge in [0.1, 0.15) is 22.6 Å². The van der Waals surface area contributed by atoms with Gasteiger partial charge in [-0.3, -0.25) is 14.4 Å². The minimum atomic E-state index is -0.951. The molecule has 0 amide bonds. The number of carboxylic acids is 1. The third-order valence-electron chi connectivity index (χ3n) is 6.41. The van der Waals surface area contributed by atoms with E-state index < -0.39 is 12.0 Å². The monoisotopic (exact) mass is 497 g/mol. The zero-order valence-corrected chi connectivity index (χ0v) is 21.1. The number of aryl methyl sites for hydroxylation is 2. The van der Waals surface area contributed by atoms with E-state index >= 15 is 0 Å². The number of hydrogen-bond donors (Lipinski definition) is 1. The zero-order chi connectivity index (χ0) is 25.6. The summed E-state index contributed by atoms with van der Waals surface area (Å²) < 4.78 is 7.45. The highest BCUT2D eigenvalue weighted by molar-refractivity contribution is 7.15. The lowest BCUT2D eigenvalue weighted by Crippen LogP contribution is -2.10. The first-order valence-electron chi connectivity index (χ1n) is 11.3. The Kier molecular flexibility index (Phi) is 5.90. The van der Waals surface area contributed by atoms with Crippen LogP contribution in [0.5, 0.6) is 5.75 Å². The summed E-state index contributed by atoms with van der Waals surface area (Å²) in [5.74, 6) is 0.949. The Labute approximate surface area is 212 Å². The second kappa shape index (κ2) is 9.06. The summed E-state index contributed by atoms with van der Waals surface area (Å²) in [6.45, 7) is 5.99. The summed E-state index contributed by atoms with van der Waals surface area (Å²) >= 11 is 1.63. The molecule has 0 spiro atoms. The topological polar surface area (TPSA) is 113 Å². The third kappa shape index (κ3) is 3.85. The van der Waals surface area contributed by atoms with Crippen LogP contribution in [-0.2, 0) is 4.79 Å². The number of benzene rings is 2. The summed E-state index contributed by atoms with van der Waals surface area (Å²) in [7, 11) is 1.60. The van der Waals surface area contributed by atoms with Crippen LogP contribution in [0.4, 0.5) is 0 Å². The molecule has 2 aromatic carbocycles. The zero-order valence-electron chi connectivity index (χ0n) is 20.2. The van der Waals surface area contributed by atoms with Crippen molar-refractivity contribution in [3.63, 3.8) is 0 Å². The summed E-state index contributed by atoms with van der Waals surface area (Å²) in [4.78, 5) is 17.8. The standard InChI is InChI=1S/C27H23N5O3S/c1-14-15(2)36-27-24(14)25(29-21(12-23(33)34)26-31-30-16(3)32(26)27)19-8-6-18(7-9-19)20-11-17(13-28)5-10-22(20)35-4/h5-11,21H,12H2,1-4H3,(H,33,34)/t21-/m0/s1. The number of thiophene rings is 1. The van der Waals surface area contributed by atoms with Gasteiger partial charge in [-0.2, -0.15) is 5.26 Å². The molecule has 8 nitrogen and oxygen atoms in total. The molecule has 2 aromatic heterocycles. The van der Waals surface area contributed by atoms with Crippen LogP contribution < -0.4 is 4.74 Å². The molecule has 0 bridgehead atoms. The largest absolute Gasteiger partial charge is 0.496 e. The van der Waals surface area contributed by atoms with Gasteiger partial charge in [0.15, 0.2) is 5.82 Å². The molecule has 0 saturated heterocycles. The maximum Gasteiger partial charge on any atom is 0.306 e. The molecule has 1 aliphatic rings. The number of carboxylic acid groups (broad SMARTS) is 1. The number of hydrogen-bond acceptors (Lipinski definition) is 7. The fraction of sp³-hybridized carbons (Fsp3) is 0.222. The molecule has 9 heteroatoms. The molecule has 1 aliphatic heterocycles. The molecule has 4 aromatic rings. The number of ether oxygens (including phenoxy) is 1. The molecule has 5 rings (SSSR count). The SMILES string of the molecule is COc1ccc(C#N)cc1-c1ccc(C2=N[C@@H](CC(=O)O)c3nnc(C)n3-c3sc(C)c(C)c32)cc1. The Morgan fingerprint density at radius 1 is 1.14 bits per heavy atom. The predicted molar refractivity (Wildman–Crippen MR) is 137 cm³/mol. The van der Waals surface area contributed by atoms with Crippen LogP contribution in [-0.4, -0.2) is 38.7 Å². The van der Waals surface area contributed by atoms with E-state index in [4.69, 9.17) is 9.73 Å².